The van der Waals surface area contributed by atoms with Crippen LogP contribution in [0.3, 0.4) is 0 Å². The molecule has 0 aliphatic heterocycles. The van der Waals surface area contributed by atoms with E-state index in [0.717, 1.165) is 19.3 Å². The van der Waals surface area contributed by atoms with Crippen molar-refractivity contribution in [2.24, 2.45) is 5.73 Å². The Balaban J connectivity index is 2.81. The smallest absolute Gasteiger partial charge is 0.289 e. The lowest BCUT2D eigenvalue weighted by molar-refractivity contribution is 0.0966. The monoisotopic (exact) mass is 211 g/mol. The number of nitrogens with two attached hydrogens (primary N) is 2. The lowest BCUT2D eigenvalue weighted by Crippen LogP contribution is -2.12. The molecule has 15 heavy (non-hydrogen) atoms. The first-order valence-corrected chi connectivity index (χ1v) is 5.12. The predicted molar refractivity (Wildman–Crippen MR) is 57.4 cm³/mol. The highest BCUT2D eigenvalue weighted by Gasteiger charge is 2.21. The fourth-order valence-electron chi connectivity index (χ4n) is 1.49. The second kappa shape index (κ2) is 4.82. The molecule has 5 nitrogen and oxygen atoms in total. The number of unbranched alkanes of at least 4 members (excludes halogenated alkanes) is 1. The molecule has 1 amide bonds. The number of nitrogen functional groups attached to an aromatic ring is 1. The van der Waals surface area contributed by atoms with Crippen LogP contribution in [0.4, 0.5) is 5.69 Å². The molecule has 0 radical (unpaired) electrons. The summed E-state index contributed by atoms with van der Waals surface area (Å²) in [6, 6.07) is 0. The third-order valence-corrected chi connectivity index (χ3v) is 2.44. The van der Waals surface area contributed by atoms with E-state index >= 15 is 0 Å². The van der Waals surface area contributed by atoms with E-state index in [0.29, 0.717) is 5.69 Å². The van der Waals surface area contributed by atoms with Crippen LogP contribution >= 0.6 is 0 Å². The Bertz CT molecular complexity index is 346. The first-order valence-electron chi connectivity index (χ1n) is 5.12. The minimum atomic E-state index is -0.672. The van der Waals surface area contributed by atoms with E-state index in [1.807, 2.05) is 6.92 Å². The molecular weight excluding hydrogens is 194 g/mol. The number of rotatable bonds is 5. The van der Waals surface area contributed by atoms with Crippen LogP contribution in [0.5, 0.6) is 0 Å². The molecule has 0 saturated heterocycles. The van der Waals surface area contributed by atoms with Crippen LogP contribution in [0.2, 0.25) is 0 Å². The quantitative estimate of drug-likeness (QED) is 0.774. The van der Waals surface area contributed by atoms with Gasteiger partial charge in [-0.3, -0.25) is 4.79 Å². The van der Waals surface area contributed by atoms with Crippen molar-refractivity contribution in [3.05, 3.63) is 11.5 Å². The number of amides is 1. The van der Waals surface area contributed by atoms with Gasteiger partial charge < -0.3 is 16.0 Å². The number of nitrogens with zero attached hydrogens (tertiary/aromatic N) is 1. The lowest BCUT2D eigenvalue weighted by Gasteiger charge is -2.06. The maximum Gasteiger partial charge on any atom is 0.289 e. The molecule has 1 atom stereocenters. The van der Waals surface area contributed by atoms with Gasteiger partial charge in [0.2, 0.25) is 5.76 Å². The van der Waals surface area contributed by atoms with E-state index in [-0.39, 0.29) is 17.4 Å². The summed E-state index contributed by atoms with van der Waals surface area (Å²) in [6.07, 6.45) is 3.19. The van der Waals surface area contributed by atoms with Crippen LogP contribution in [0.1, 0.15) is 55.3 Å². The summed E-state index contributed by atoms with van der Waals surface area (Å²) in [7, 11) is 0. The zero-order valence-electron chi connectivity index (χ0n) is 9.12. The molecule has 1 unspecified atom stereocenters. The Morgan fingerprint density at radius 2 is 2.27 bits per heavy atom. The first kappa shape index (κ1) is 11.6. The molecule has 1 aromatic rings. The molecule has 0 bridgehead atoms. The second-order valence-electron chi connectivity index (χ2n) is 3.72. The summed E-state index contributed by atoms with van der Waals surface area (Å²) in [5, 5.41) is 3.79. The van der Waals surface area contributed by atoms with Gasteiger partial charge in [0.25, 0.3) is 5.91 Å². The third-order valence-electron chi connectivity index (χ3n) is 2.44. The average molecular weight is 211 g/mol. The van der Waals surface area contributed by atoms with E-state index in [4.69, 9.17) is 16.0 Å². The van der Waals surface area contributed by atoms with Crippen molar-refractivity contribution in [1.82, 2.24) is 5.16 Å². The Labute approximate surface area is 88.8 Å². The lowest BCUT2D eigenvalue weighted by atomic mass is 9.99. The van der Waals surface area contributed by atoms with Crippen molar-refractivity contribution in [1.29, 1.82) is 0 Å². The van der Waals surface area contributed by atoms with Crippen LogP contribution < -0.4 is 11.5 Å². The van der Waals surface area contributed by atoms with Crippen molar-refractivity contribution in [3.63, 3.8) is 0 Å². The molecule has 1 rings (SSSR count). The van der Waals surface area contributed by atoms with Crippen LogP contribution in [0.25, 0.3) is 0 Å². The Morgan fingerprint density at radius 1 is 1.60 bits per heavy atom. The molecule has 0 aliphatic carbocycles. The SMILES string of the molecule is CCCCC(C)c1noc(C(N)=O)c1N. The topological polar surface area (TPSA) is 95.1 Å². The van der Waals surface area contributed by atoms with Gasteiger partial charge in [0.1, 0.15) is 11.4 Å². The van der Waals surface area contributed by atoms with Crippen LogP contribution in [-0.2, 0) is 0 Å². The summed E-state index contributed by atoms with van der Waals surface area (Å²) in [6.45, 7) is 4.13. The van der Waals surface area contributed by atoms with Gasteiger partial charge in [-0.25, -0.2) is 0 Å². The molecule has 0 saturated carbocycles. The normalized spacial score (nSPS) is 12.7. The molecular formula is C10H17N3O2. The van der Waals surface area contributed by atoms with Crippen molar-refractivity contribution in [3.8, 4) is 0 Å². The highest BCUT2D eigenvalue weighted by molar-refractivity contribution is 5.95. The van der Waals surface area contributed by atoms with Gasteiger partial charge >= 0.3 is 0 Å². The summed E-state index contributed by atoms with van der Waals surface area (Å²) in [4.78, 5) is 10.9. The highest BCUT2D eigenvalue weighted by atomic mass is 16.5. The molecule has 0 spiro atoms. The minimum Gasteiger partial charge on any atom is -0.394 e. The molecule has 1 aromatic heterocycles. The number of hydrogen-bond donors (Lipinski definition) is 2. The number of hydrogen-bond acceptors (Lipinski definition) is 4. The van der Waals surface area contributed by atoms with Gasteiger partial charge in [-0.05, 0) is 6.42 Å². The molecule has 1 heterocycles. The maximum atomic E-state index is 10.9. The van der Waals surface area contributed by atoms with E-state index in [1.54, 1.807) is 0 Å². The zero-order valence-corrected chi connectivity index (χ0v) is 9.12. The Hall–Kier alpha value is -1.52. The number of carbonyl (C=O) groups excluding carboxylic acids is 1. The molecule has 4 N–H and O–H groups in total. The van der Waals surface area contributed by atoms with Crippen molar-refractivity contribution < 1.29 is 9.32 Å². The van der Waals surface area contributed by atoms with Crippen LogP contribution in [0.15, 0.2) is 4.52 Å². The van der Waals surface area contributed by atoms with Gasteiger partial charge in [-0.15, -0.1) is 0 Å². The maximum absolute atomic E-state index is 10.9. The van der Waals surface area contributed by atoms with Gasteiger partial charge in [0.05, 0.1) is 0 Å². The van der Waals surface area contributed by atoms with Gasteiger partial charge in [0.15, 0.2) is 0 Å². The number of primary amides is 1. The summed E-state index contributed by atoms with van der Waals surface area (Å²) in [5.41, 5.74) is 11.7. The summed E-state index contributed by atoms with van der Waals surface area (Å²) in [5.74, 6) is -0.510. The Morgan fingerprint density at radius 3 is 2.73 bits per heavy atom. The van der Waals surface area contributed by atoms with E-state index in [1.165, 1.54) is 0 Å². The van der Waals surface area contributed by atoms with Gasteiger partial charge in [-0.2, -0.15) is 0 Å². The number of carbonyl (C=O) groups is 1. The highest BCUT2D eigenvalue weighted by Crippen LogP contribution is 2.27. The largest absolute Gasteiger partial charge is 0.394 e. The molecule has 5 heteroatoms. The van der Waals surface area contributed by atoms with Gasteiger partial charge in [0, 0.05) is 5.92 Å². The fourth-order valence-corrected chi connectivity index (χ4v) is 1.49. The molecule has 0 aromatic carbocycles. The van der Waals surface area contributed by atoms with Crippen molar-refractivity contribution in [2.75, 3.05) is 5.73 Å². The fraction of sp³-hybridized carbons (Fsp3) is 0.600. The van der Waals surface area contributed by atoms with E-state index < -0.39 is 5.91 Å². The van der Waals surface area contributed by atoms with Crippen LogP contribution in [-0.4, -0.2) is 11.1 Å². The number of anilines is 1. The standard InChI is InChI=1S/C10H17N3O2/c1-3-4-5-6(2)8-7(11)9(10(12)14)15-13-8/h6H,3-5,11H2,1-2H3,(H2,12,14). The predicted octanol–water partition coefficient (Wildman–Crippen LogP) is 1.65. The summed E-state index contributed by atoms with van der Waals surface area (Å²) >= 11 is 0. The molecule has 0 aliphatic rings. The zero-order chi connectivity index (χ0) is 11.4. The number of aromatic nitrogens is 1. The van der Waals surface area contributed by atoms with E-state index in [2.05, 4.69) is 12.1 Å². The second-order valence-corrected chi connectivity index (χ2v) is 3.72. The molecule has 0 fully saturated rings. The Kier molecular flexibility index (Phi) is 3.71. The van der Waals surface area contributed by atoms with Crippen molar-refractivity contribution >= 4 is 11.6 Å². The molecule has 84 valence electrons. The van der Waals surface area contributed by atoms with E-state index in [9.17, 15) is 4.79 Å². The summed E-state index contributed by atoms with van der Waals surface area (Å²) < 4.78 is 4.81. The first-order chi connectivity index (χ1) is 7.07. The van der Waals surface area contributed by atoms with Crippen LogP contribution in [0, 0.1) is 0 Å². The van der Waals surface area contributed by atoms with Crippen molar-refractivity contribution in [2.45, 2.75) is 39.0 Å². The third kappa shape index (κ3) is 2.49. The average Bonchev–Trinajstić information content (AvgIpc) is 2.56. The van der Waals surface area contributed by atoms with Gasteiger partial charge in [-0.1, -0.05) is 31.8 Å². The minimum absolute atomic E-state index is 0.0339.